The average molecular weight is 283 g/mol. The summed E-state index contributed by atoms with van der Waals surface area (Å²) in [6.07, 6.45) is -8.36. The van der Waals surface area contributed by atoms with Crippen molar-refractivity contribution in [1.82, 2.24) is 5.32 Å². The van der Waals surface area contributed by atoms with E-state index >= 15 is 0 Å². The van der Waals surface area contributed by atoms with Crippen molar-refractivity contribution >= 4 is 0 Å². The van der Waals surface area contributed by atoms with Crippen molar-refractivity contribution in [2.24, 2.45) is 0 Å². The number of benzene rings is 1. The van der Waals surface area contributed by atoms with Gasteiger partial charge in [0.15, 0.2) is 0 Å². The average Bonchev–Trinajstić information content (AvgIpc) is 2.79. The highest BCUT2D eigenvalue weighted by Crippen LogP contribution is 2.40. The van der Waals surface area contributed by atoms with Gasteiger partial charge in [0, 0.05) is 6.04 Å². The summed E-state index contributed by atoms with van der Waals surface area (Å²) in [6, 6.07) is 1.29. The smallest absolute Gasteiger partial charge is 0.310 e. The molecule has 1 aliphatic rings. The predicted octanol–water partition coefficient (Wildman–Crippen LogP) is 4.15. The van der Waals surface area contributed by atoms with Crippen LogP contribution < -0.4 is 5.32 Å². The van der Waals surface area contributed by atoms with Crippen LogP contribution in [-0.4, -0.2) is 6.54 Å². The molecule has 0 bridgehead atoms. The van der Waals surface area contributed by atoms with Crippen molar-refractivity contribution in [2.45, 2.75) is 31.2 Å². The summed E-state index contributed by atoms with van der Waals surface area (Å²) in [4.78, 5) is 0. The summed E-state index contributed by atoms with van der Waals surface area (Å²) >= 11 is 0. The van der Waals surface area contributed by atoms with Crippen LogP contribution in [0.4, 0.5) is 26.3 Å². The minimum Gasteiger partial charge on any atom is -0.310 e. The predicted molar refractivity (Wildman–Crippen MR) is 56.4 cm³/mol. The fourth-order valence-corrected chi connectivity index (χ4v) is 2.23. The van der Waals surface area contributed by atoms with Crippen LogP contribution in [-0.2, 0) is 12.4 Å². The van der Waals surface area contributed by atoms with Crippen molar-refractivity contribution in [1.29, 1.82) is 0 Å². The minimum absolute atomic E-state index is 0.113. The number of halogens is 6. The van der Waals surface area contributed by atoms with E-state index < -0.39 is 29.5 Å². The van der Waals surface area contributed by atoms with Gasteiger partial charge in [-0.25, -0.2) is 0 Å². The molecule has 0 spiro atoms. The third-order valence-electron chi connectivity index (χ3n) is 3.12. The van der Waals surface area contributed by atoms with Gasteiger partial charge in [-0.15, -0.1) is 0 Å². The largest absolute Gasteiger partial charge is 0.416 e. The lowest BCUT2D eigenvalue weighted by atomic mass is 9.96. The molecule has 1 fully saturated rings. The molecular weight excluding hydrogens is 272 g/mol. The Bertz CT molecular complexity index is 456. The molecule has 1 atom stereocenters. The summed E-state index contributed by atoms with van der Waals surface area (Å²) in [7, 11) is 0. The first-order valence-electron chi connectivity index (χ1n) is 5.71. The maximum Gasteiger partial charge on any atom is 0.416 e. The molecule has 0 aromatic heterocycles. The van der Waals surface area contributed by atoms with Gasteiger partial charge in [-0.2, -0.15) is 26.3 Å². The van der Waals surface area contributed by atoms with Crippen LogP contribution >= 0.6 is 0 Å². The molecule has 7 heteroatoms. The number of nitrogens with one attached hydrogen (secondary N) is 1. The van der Waals surface area contributed by atoms with Gasteiger partial charge in [0.05, 0.1) is 11.1 Å². The summed E-state index contributed by atoms with van der Waals surface area (Å²) in [5.74, 6) is 0. The van der Waals surface area contributed by atoms with Crippen LogP contribution in [0.2, 0.25) is 0 Å². The van der Waals surface area contributed by atoms with Crippen molar-refractivity contribution < 1.29 is 26.3 Å². The molecule has 1 N–H and O–H groups in total. The van der Waals surface area contributed by atoms with Crippen molar-refractivity contribution in [3.8, 4) is 0 Å². The Morgan fingerprint density at radius 1 is 1.00 bits per heavy atom. The molecule has 0 unspecified atom stereocenters. The van der Waals surface area contributed by atoms with Gasteiger partial charge in [-0.05, 0) is 37.1 Å². The molecule has 0 saturated carbocycles. The zero-order chi connectivity index (χ0) is 14.3. The Labute approximate surface area is 105 Å². The number of hydrogen-bond donors (Lipinski definition) is 1. The molecule has 1 nitrogen and oxygen atoms in total. The van der Waals surface area contributed by atoms with E-state index in [1.54, 1.807) is 0 Å². The standard InChI is InChI=1S/C12H11F6N/c13-11(14,15)7-3-4-8(10-2-1-5-19-10)9(6-7)12(16,17)18/h3-4,6,10,19H,1-2,5H2/t10-/m1/s1. The molecular formula is C12H11F6N. The second-order valence-electron chi connectivity index (χ2n) is 4.45. The topological polar surface area (TPSA) is 12.0 Å². The number of alkyl halides is 6. The SMILES string of the molecule is FC(F)(F)c1ccc([C@H]2CCCN2)c(C(F)(F)F)c1. The normalized spacial score (nSPS) is 20.8. The molecule has 1 aromatic carbocycles. The molecule has 0 aliphatic carbocycles. The number of hydrogen-bond acceptors (Lipinski definition) is 1. The second-order valence-corrected chi connectivity index (χ2v) is 4.45. The Balaban J connectivity index is 2.49. The molecule has 0 amide bonds. The van der Waals surface area contributed by atoms with Crippen molar-refractivity contribution in [3.05, 3.63) is 34.9 Å². The van der Waals surface area contributed by atoms with Crippen LogP contribution in [0.3, 0.4) is 0 Å². The van der Waals surface area contributed by atoms with E-state index in [-0.39, 0.29) is 11.6 Å². The fraction of sp³-hybridized carbons (Fsp3) is 0.500. The van der Waals surface area contributed by atoms with E-state index in [1.807, 2.05) is 0 Å². The third kappa shape index (κ3) is 3.02. The van der Waals surface area contributed by atoms with Crippen LogP contribution in [0.1, 0.15) is 35.6 Å². The zero-order valence-corrected chi connectivity index (χ0v) is 9.70. The van der Waals surface area contributed by atoms with Gasteiger partial charge in [-0.3, -0.25) is 0 Å². The summed E-state index contributed by atoms with van der Waals surface area (Å²) in [6.45, 7) is 0.572. The lowest BCUT2D eigenvalue weighted by Crippen LogP contribution is -2.20. The molecule has 1 heterocycles. The highest BCUT2D eigenvalue weighted by Gasteiger charge is 2.39. The van der Waals surface area contributed by atoms with Crippen molar-refractivity contribution in [2.75, 3.05) is 6.54 Å². The first-order valence-corrected chi connectivity index (χ1v) is 5.71. The first kappa shape index (κ1) is 14.2. The summed E-state index contributed by atoms with van der Waals surface area (Å²) in [5, 5.41) is 2.86. The van der Waals surface area contributed by atoms with E-state index in [0.717, 1.165) is 6.07 Å². The van der Waals surface area contributed by atoms with Crippen LogP contribution in [0.5, 0.6) is 0 Å². The van der Waals surface area contributed by atoms with Crippen LogP contribution in [0.25, 0.3) is 0 Å². The van der Waals surface area contributed by atoms with Gasteiger partial charge in [0.2, 0.25) is 0 Å². The Kier molecular flexibility index (Phi) is 3.51. The van der Waals surface area contributed by atoms with E-state index in [2.05, 4.69) is 5.32 Å². The molecule has 106 valence electrons. The maximum atomic E-state index is 12.9. The lowest BCUT2D eigenvalue weighted by molar-refractivity contribution is -0.143. The lowest BCUT2D eigenvalue weighted by Gasteiger charge is -2.19. The number of rotatable bonds is 1. The van der Waals surface area contributed by atoms with Gasteiger partial charge < -0.3 is 5.32 Å². The van der Waals surface area contributed by atoms with Crippen LogP contribution in [0.15, 0.2) is 18.2 Å². The second kappa shape index (κ2) is 4.70. The van der Waals surface area contributed by atoms with Crippen LogP contribution in [0, 0.1) is 0 Å². The maximum absolute atomic E-state index is 12.9. The molecule has 2 rings (SSSR count). The minimum atomic E-state index is -4.79. The monoisotopic (exact) mass is 283 g/mol. The molecule has 19 heavy (non-hydrogen) atoms. The fourth-order valence-electron chi connectivity index (χ4n) is 2.23. The Morgan fingerprint density at radius 2 is 1.68 bits per heavy atom. The van der Waals surface area contributed by atoms with E-state index in [0.29, 0.717) is 25.5 Å². The molecule has 0 radical (unpaired) electrons. The Hall–Kier alpha value is -1.24. The molecule has 1 aliphatic heterocycles. The highest BCUT2D eigenvalue weighted by molar-refractivity contribution is 5.38. The molecule has 1 aromatic rings. The van der Waals surface area contributed by atoms with Gasteiger partial charge in [-0.1, -0.05) is 6.07 Å². The van der Waals surface area contributed by atoms with Gasteiger partial charge in [0.1, 0.15) is 0 Å². The van der Waals surface area contributed by atoms with E-state index in [4.69, 9.17) is 0 Å². The van der Waals surface area contributed by atoms with Crippen molar-refractivity contribution in [3.63, 3.8) is 0 Å². The first-order chi connectivity index (χ1) is 8.69. The molecule has 1 saturated heterocycles. The summed E-state index contributed by atoms with van der Waals surface area (Å²) < 4.78 is 76.1. The van der Waals surface area contributed by atoms with E-state index in [1.165, 1.54) is 0 Å². The third-order valence-corrected chi connectivity index (χ3v) is 3.12. The Morgan fingerprint density at radius 3 is 2.16 bits per heavy atom. The van der Waals surface area contributed by atoms with Gasteiger partial charge in [0.25, 0.3) is 0 Å². The summed E-state index contributed by atoms with van der Waals surface area (Å²) in [5.41, 5.74) is -2.60. The van der Waals surface area contributed by atoms with E-state index in [9.17, 15) is 26.3 Å². The quantitative estimate of drug-likeness (QED) is 0.763. The zero-order valence-electron chi connectivity index (χ0n) is 9.70. The highest BCUT2D eigenvalue weighted by atomic mass is 19.4. The van der Waals surface area contributed by atoms with Gasteiger partial charge >= 0.3 is 12.4 Å².